The van der Waals surface area contributed by atoms with Crippen molar-refractivity contribution in [3.05, 3.63) is 126 Å². The third kappa shape index (κ3) is 5.20. The molecule has 0 radical (unpaired) electrons. The molecule has 50 heavy (non-hydrogen) atoms. The van der Waals surface area contributed by atoms with E-state index in [1.807, 2.05) is 0 Å². The van der Waals surface area contributed by atoms with Gasteiger partial charge in [0.25, 0.3) is 0 Å². The van der Waals surface area contributed by atoms with Crippen LogP contribution < -0.4 is 0 Å². The summed E-state index contributed by atoms with van der Waals surface area (Å²) >= 11 is -4.07. The summed E-state index contributed by atoms with van der Waals surface area (Å²) in [6, 6.07) is 14.6. The van der Waals surface area contributed by atoms with Crippen LogP contribution in [0.4, 0.5) is 0 Å². The SMILES string of the molecule is Cc1c(C)c(C)c(-c2cccc3c2C=C[CH]3[Hf]([CH3])([CH3])([CH]2C=Cc3c(-c4c(C)c(C)c(C)c(C)c4C)cccc32)=[Si](C(C)C)C(C)C)c(C)c1C. The van der Waals surface area contributed by atoms with Crippen molar-refractivity contribution in [2.75, 3.05) is 0 Å². The van der Waals surface area contributed by atoms with E-state index in [0.717, 1.165) is 0 Å². The number of rotatable bonds is 6. The third-order valence-electron chi connectivity index (χ3n) is 14.5. The van der Waals surface area contributed by atoms with Crippen molar-refractivity contribution in [1.82, 2.24) is 0 Å². The van der Waals surface area contributed by atoms with Crippen LogP contribution in [0.2, 0.25) is 20.4 Å². The molecule has 4 aromatic carbocycles. The second-order valence-electron chi connectivity index (χ2n) is 17.7. The number of hydrogen-bond donors (Lipinski definition) is 0. The van der Waals surface area contributed by atoms with Crippen molar-refractivity contribution in [2.24, 2.45) is 0 Å². The molecule has 0 aromatic heterocycles. The predicted octanol–water partition coefficient (Wildman–Crippen LogP) is 14.5. The monoisotopic (exact) mass is 846 g/mol. The first-order valence-corrected chi connectivity index (χ1v) is 37.6. The Morgan fingerprint density at radius 3 is 1.06 bits per heavy atom. The van der Waals surface area contributed by atoms with Crippen LogP contribution in [0.5, 0.6) is 0 Å². The van der Waals surface area contributed by atoms with Crippen LogP contribution >= 0.6 is 0 Å². The molecule has 2 heteroatoms. The fourth-order valence-corrected chi connectivity index (χ4v) is 83.3. The van der Waals surface area contributed by atoms with E-state index < -0.39 is 22.6 Å². The van der Waals surface area contributed by atoms with Gasteiger partial charge in [-0.3, -0.25) is 0 Å². The van der Waals surface area contributed by atoms with E-state index in [1.165, 1.54) is 89.0 Å². The number of hydrogen-bond acceptors (Lipinski definition) is 0. The summed E-state index contributed by atoms with van der Waals surface area (Å²) in [5.74, 6) is 0. The van der Waals surface area contributed by atoms with Gasteiger partial charge >= 0.3 is 308 Å². The van der Waals surface area contributed by atoms with Crippen molar-refractivity contribution in [1.29, 1.82) is 0 Å². The van der Waals surface area contributed by atoms with Crippen LogP contribution in [0, 0.1) is 69.2 Å². The molecular weight excluding hydrogens is 783 g/mol. The van der Waals surface area contributed by atoms with Crippen LogP contribution in [0.15, 0.2) is 48.6 Å². The van der Waals surface area contributed by atoms with E-state index in [4.69, 9.17) is 0 Å². The molecule has 0 amide bonds. The summed E-state index contributed by atoms with van der Waals surface area (Å²) in [5.41, 5.74) is 27.0. The molecule has 6 rings (SSSR count). The van der Waals surface area contributed by atoms with Gasteiger partial charge in [-0.2, -0.15) is 0 Å². The standard InChI is InChI=1S/2C20H21.C6H14Si.2CH3.Hf/c2*1-12-13(2)15(4)20(16(5)14(12)3)19-11-7-9-17-8-6-10-18(17)19;1-5(2)7-6(3)4;;;/h2*6-11H,1-5H3;5-6H,1-4H3;2*1H3;. The average Bonchev–Trinajstić information content (AvgIpc) is 3.72. The van der Waals surface area contributed by atoms with Gasteiger partial charge in [0.2, 0.25) is 0 Å². The van der Waals surface area contributed by atoms with Crippen LogP contribution in [0.25, 0.3) is 34.4 Å². The first-order chi connectivity index (χ1) is 23.4. The normalized spacial score (nSPS) is 16.9. The summed E-state index contributed by atoms with van der Waals surface area (Å²) < 4.78 is 6.88. The van der Waals surface area contributed by atoms with Gasteiger partial charge in [-0.15, -0.1) is 0 Å². The van der Waals surface area contributed by atoms with Gasteiger partial charge in [-0.05, 0) is 0 Å². The fraction of sp³-hybridized carbons (Fsp3) is 0.417. The number of allylic oxidation sites excluding steroid dienone is 2. The molecule has 0 saturated carbocycles. The van der Waals surface area contributed by atoms with Gasteiger partial charge in [0.15, 0.2) is 0 Å². The Bertz CT molecular complexity index is 2020. The Morgan fingerprint density at radius 2 is 0.760 bits per heavy atom. The summed E-state index contributed by atoms with van der Waals surface area (Å²) in [5, 5.41) is 0. The molecule has 0 nitrogen and oxygen atoms in total. The van der Waals surface area contributed by atoms with Crippen LogP contribution in [-0.2, 0) is 17.1 Å². The topological polar surface area (TPSA) is 0 Å². The minimum absolute atomic E-state index is 0.519. The van der Waals surface area contributed by atoms with Gasteiger partial charge < -0.3 is 0 Å². The third-order valence-corrected chi connectivity index (χ3v) is 73.3. The van der Waals surface area contributed by atoms with Crippen molar-refractivity contribution >= 4 is 17.6 Å². The van der Waals surface area contributed by atoms with Crippen molar-refractivity contribution in [3.8, 4) is 22.3 Å². The molecular formula is C48H62HfSi. The van der Waals surface area contributed by atoms with E-state index in [1.54, 1.807) is 11.1 Å². The van der Waals surface area contributed by atoms with Crippen LogP contribution in [-0.4, -0.2) is 5.49 Å². The van der Waals surface area contributed by atoms with Crippen molar-refractivity contribution in [2.45, 2.75) is 125 Å². The van der Waals surface area contributed by atoms with Crippen molar-refractivity contribution in [3.63, 3.8) is 0 Å². The van der Waals surface area contributed by atoms with E-state index in [-0.39, 0.29) is 0 Å². The molecule has 0 spiro atoms. The Kier molecular flexibility index (Phi) is 9.55. The molecule has 262 valence electrons. The van der Waals surface area contributed by atoms with Crippen LogP contribution in [0.3, 0.4) is 0 Å². The molecule has 2 aliphatic rings. The minimum atomic E-state index is -4.07. The summed E-state index contributed by atoms with van der Waals surface area (Å²) in [7, 11) is 0. The molecule has 0 N–H and O–H groups in total. The Hall–Kier alpha value is -2.55. The van der Waals surface area contributed by atoms with E-state index in [9.17, 15) is 0 Å². The number of fused-ring (bicyclic) bond motifs is 2. The zero-order valence-corrected chi connectivity index (χ0v) is 38.7. The second-order valence-corrected chi connectivity index (χ2v) is 63.2. The molecule has 2 unspecified atom stereocenters. The van der Waals surface area contributed by atoms with Gasteiger partial charge in [0.1, 0.15) is 0 Å². The molecule has 0 aliphatic heterocycles. The molecule has 0 heterocycles. The average molecular weight is 846 g/mol. The van der Waals surface area contributed by atoms with Gasteiger partial charge in [0, 0.05) is 0 Å². The Morgan fingerprint density at radius 1 is 0.460 bits per heavy atom. The fourth-order valence-electron chi connectivity index (χ4n) is 11.5. The summed E-state index contributed by atoms with van der Waals surface area (Å²) in [6.07, 6.45) is 10.5. The summed E-state index contributed by atoms with van der Waals surface area (Å²) in [4.78, 5) is 0. The van der Waals surface area contributed by atoms with E-state index in [2.05, 4.69) is 167 Å². The molecule has 4 aromatic rings. The molecule has 0 fully saturated rings. The summed E-state index contributed by atoms with van der Waals surface area (Å²) in [6.45, 7) is 33.5. The molecule has 0 saturated heterocycles. The quantitative estimate of drug-likeness (QED) is 0.170. The second kappa shape index (κ2) is 12.8. The maximum atomic E-state index is 2.92. The van der Waals surface area contributed by atoms with Gasteiger partial charge in [-0.1, -0.05) is 0 Å². The van der Waals surface area contributed by atoms with Gasteiger partial charge in [0.05, 0.1) is 0 Å². The zero-order chi connectivity index (χ0) is 36.8. The van der Waals surface area contributed by atoms with E-state index in [0.29, 0.717) is 18.4 Å². The molecule has 0 bridgehead atoms. The van der Waals surface area contributed by atoms with Crippen LogP contribution in [0.1, 0.15) is 113 Å². The van der Waals surface area contributed by atoms with E-state index >= 15 is 0 Å². The first-order valence-electron chi connectivity index (χ1n) is 19.2. The number of benzene rings is 4. The predicted molar refractivity (Wildman–Crippen MR) is 222 cm³/mol. The zero-order valence-electron chi connectivity index (χ0n) is 34.1. The first kappa shape index (κ1) is 37.2. The maximum absolute atomic E-state index is 4.07. The van der Waals surface area contributed by atoms with Crippen molar-refractivity contribution < 1.29 is 17.1 Å². The van der Waals surface area contributed by atoms with Gasteiger partial charge in [-0.25, -0.2) is 0 Å². The Labute approximate surface area is 306 Å². The molecule has 2 atom stereocenters. The molecule has 2 aliphatic carbocycles. The Balaban J connectivity index is 1.64.